The molecule has 0 spiro atoms. The zero-order valence-electron chi connectivity index (χ0n) is 15.2. The van der Waals surface area contributed by atoms with Crippen LogP contribution in [-0.2, 0) is 10.0 Å². The van der Waals surface area contributed by atoms with Crippen molar-refractivity contribution in [2.45, 2.75) is 6.92 Å². The van der Waals surface area contributed by atoms with Crippen LogP contribution in [-0.4, -0.2) is 38.7 Å². The molecule has 0 atom stereocenters. The van der Waals surface area contributed by atoms with E-state index in [4.69, 9.17) is 0 Å². The fourth-order valence-electron chi connectivity index (χ4n) is 2.73. The minimum atomic E-state index is -3.37. The lowest BCUT2D eigenvalue weighted by atomic mass is 10.0. The van der Waals surface area contributed by atoms with E-state index in [0.29, 0.717) is 16.8 Å². The average Bonchev–Trinajstić information content (AvgIpc) is 2.67. The van der Waals surface area contributed by atoms with Crippen molar-refractivity contribution in [3.8, 4) is 11.3 Å². The highest BCUT2D eigenvalue weighted by Crippen LogP contribution is 2.25. The van der Waals surface area contributed by atoms with E-state index in [1.807, 2.05) is 55.5 Å². The lowest BCUT2D eigenvalue weighted by Gasteiger charge is -2.11. The topological polar surface area (TPSA) is 88.2 Å². The van der Waals surface area contributed by atoms with Crippen LogP contribution in [0.5, 0.6) is 0 Å². The van der Waals surface area contributed by atoms with Gasteiger partial charge in [0.1, 0.15) is 0 Å². The Balaban J connectivity index is 1.95. The SMILES string of the molecule is CNS(=O)(=O)CCNC(=O)c1cc(-c2ccc(C)cc2)nc2ccccc12. The molecule has 3 rings (SSSR count). The number of hydrogen-bond donors (Lipinski definition) is 2. The Morgan fingerprint density at radius 1 is 1.07 bits per heavy atom. The number of nitrogens with one attached hydrogen (secondary N) is 2. The Hall–Kier alpha value is -2.77. The van der Waals surface area contributed by atoms with Crippen molar-refractivity contribution in [1.82, 2.24) is 15.0 Å². The number of hydrogen-bond acceptors (Lipinski definition) is 4. The van der Waals surface area contributed by atoms with Crippen molar-refractivity contribution in [3.05, 3.63) is 65.7 Å². The lowest BCUT2D eigenvalue weighted by Crippen LogP contribution is -2.33. The van der Waals surface area contributed by atoms with Gasteiger partial charge in [-0.2, -0.15) is 0 Å². The molecule has 1 heterocycles. The normalized spacial score (nSPS) is 11.5. The summed E-state index contributed by atoms with van der Waals surface area (Å²) in [6.07, 6.45) is 0. The van der Waals surface area contributed by atoms with Crippen LogP contribution in [0.2, 0.25) is 0 Å². The maximum atomic E-state index is 12.7. The summed E-state index contributed by atoms with van der Waals surface area (Å²) in [6.45, 7) is 2.04. The first-order valence-electron chi connectivity index (χ1n) is 8.56. The smallest absolute Gasteiger partial charge is 0.252 e. The van der Waals surface area contributed by atoms with Crippen LogP contribution in [0.4, 0.5) is 0 Å². The van der Waals surface area contributed by atoms with Crippen LogP contribution in [0.25, 0.3) is 22.2 Å². The number of fused-ring (bicyclic) bond motifs is 1. The third-order valence-electron chi connectivity index (χ3n) is 4.28. The van der Waals surface area contributed by atoms with Crippen LogP contribution in [0.15, 0.2) is 54.6 Å². The molecule has 0 aliphatic carbocycles. The molecule has 2 aromatic carbocycles. The molecular formula is C20H21N3O3S. The molecule has 0 bridgehead atoms. The van der Waals surface area contributed by atoms with Gasteiger partial charge in [0.2, 0.25) is 10.0 Å². The van der Waals surface area contributed by atoms with Gasteiger partial charge in [-0.05, 0) is 26.1 Å². The van der Waals surface area contributed by atoms with Gasteiger partial charge >= 0.3 is 0 Å². The van der Waals surface area contributed by atoms with E-state index in [1.165, 1.54) is 7.05 Å². The number of carbonyl (C=O) groups is 1. The molecule has 1 amide bonds. The third-order valence-corrected chi connectivity index (χ3v) is 5.64. The largest absolute Gasteiger partial charge is 0.351 e. The molecule has 1 aromatic heterocycles. The summed E-state index contributed by atoms with van der Waals surface area (Å²) in [7, 11) is -2.02. The number of rotatable bonds is 6. The summed E-state index contributed by atoms with van der Waals surface area (Å²) < 4.78 is 25.3. The number of carbonyl (C=O) groups excluding carboxylic acids is 1. The fraction of sp³-hybridized carbons (Fsp3) is 0.200. The second-order valence-electron chi connectivity index (χ2n) is 6.22. The summed E-state index contributed by atoms with van der Waals surface area (Å²) >= 11 is 0. The van der Waals surface area contributed by atoms with E-state index >= 15 is 0 Å². The monoisotopic (exact) mass is 383 g/mol. The Kier molecular flexibility index (Phi) is 5.53. The molecule has 0 radical (unpaired) electrons. The van der Waals surface area contributed by atoms with E-state index < -0.39 is 10.0 Å². The van der Waals surface area contributed by atoms with Gasteiger partial charge in [-0.1, -0.05) is 48.0 Å². The summed E-state index contributed by atoms with van der Waals surface area (Å²) in [5, 5.41) is 3.41. The molecule has 6 nitrogen and oxygen atoms in total. The minimum absolute atomic E-state index is 0.0263. The molecule has 3 aromatic rings. The summed E-state index contributed by atoms with van der Waals surface area (Å²) in [6, 6.07) is 17.1. The van der Waals surface area contributed by atoms with E-state index in [0.717, 1.165) is 16.5 Å². The van der Waals surface area contributed by atoms with Gasteiger partial charge in [0.05, 0.1) is 22.5 Å². The van der Waals surface area contributed by atoms with E-state index in [9.17, 15) is 13.2 Å². The van der Waals surface area contributed by atoms with Gasteiger partial charge in [0, 0.05) is 17.5 Å². The number of para-hydroxylation sites is 1. The van der Waals surface area contributed by atoms with Crippen molar-refractivity contribution in [1.29, 1.82) is 0 Å². The standard InChI is InChI=1S/C20H21N3O3S/c1-14-7-9-15(10-8-14)19-13-17(16-5-3-4-6-18(16)23-19)20(24)22-11-12-27(25,26)21-2/h3-10,13,21H,11-12H2,1-2H3,(H,22,24). The van der Waals surface area contributed by atoms with Gasteiger partial charge in [0.25, 0.3) is 5.91 Å². The molecule has 27 heavy (non-hydrogen) atoms. The molecule has 0 fully saturated rings. The Bertz CT molecular complexity index is 1080. The van der Waals surface area contributed by atoms with Crippen molar-refractivity contribution < 1.29 is 13.2 Å². The maximum Gasteiger partial charge on any atom is 0.252 e. The molecule has 0 aliphatic rings. The van der Waals surface area contributed by atoms with Crippen molar-refractivity contribution in [2.24, 2.45) is 0 Å². The number of amides is 1. The number of sulfonamides is 1. The second kappa shape index (κ2) is 7.85. The first-order valence-corrected chi connectivity index (χ1v) is 10.2. The second-order valence-corrected chi connectivity index (χ2v) is 8.26. The highest BCUT2D eigenvalue weighted by molar-refractivity contribution is 7.89. The molecule has 0 aliphatic heterocycles. The van der Waals surface area contributed by atoms with E-state index in [1.54, 1.807) is 6.07 Å². The van der Waals surface area contributed by atoms with E-state index in [-0.39, 0.29) is 18.2 Å². The van der Waals surface area contributed by atoms with Crippen LogP contribution < -0.4 is 10.0 Å². The number of benzene rings is 2. The maximum absolute atomic E-state index is 12.7. The van der Waals surface area contributed by atoms with Crippen LogP contribution in [0.1, 0.15) is 15.9 Å². The molecule has 0 saturated heterocycles. The molecule has 7 heteroatoms. The number of pyridine rings is 1. The Morgan fingerprint density at radius 2 is 1.78 bits per heavy atom. The Morgan fingerprint density at radius 3 is 2.48 bits per heavy atom. The van der Waals surface area contributed by atoms with Crippen LogP contribution in [0, 0.1) is 6.92 Å². The predicted molar refractivity (Wildman–Crippen MR) is 107 cm³/mol. The average molecular weight is 383 g/mol. The predicted octanol–water partition coefficient (Wildman–Crippen LogP) is 2.49. The quantitative estimate of drug-likeness (QED) is 0.684. The molecule has 2 N–H and O–H groups in total. The highest BCUT2D eigenvalue weighted by Gasteiger charge is 2.15. The summed E-state index contributed by atoms with van der Waals surface area (Å²) in [5.74, 6) is -0.503. The zero-order chi connectivity index (χ0) is 19.4. The molecule has 140 valence electrons. The highest BCUT2D eigenvalue weighted by atomic mass is 32.2. The first kappa shape index (κ1) is 19.0. The Labute approximate surface area is 158 Å². The summed E-state index contributed by atoms with van der Waals surface area (Å²) in [5.41, 5.74) is 3.93. The molecule has 0 saturated carbocycles. The van der Waals surface area contributed by atoms with Crippen molar-refractivity contribution >= 4 is 26.8 Å². The van der Waals surface area contributed by atoms with Gasteiger partial charge in [0.15, 0.2) is 0 Å². The van der Waals surface area contributed by atoms with Crippen molar-refractivity contribution in [2.75, 3.05) is 19.3 Å². The molecule has 0 unspecified atom stereocenters. The third kappa shape index (κ3) is 4.50. The van der Waals surface area contributed by atoms with Crippen LogP contribution in [0.3, 0.4) is 0 Å². The number of aromatic nitrogens is 1. The fourth-order valence-corrected chi connectivity index (χ4v) is 3.31. The van der Waals surface area contributed by atoms with Gasteiger partial charge in [-0.3, -0.25) is 4.79 Å². The van der Waals surface area contributed by atoms with Gasteiger partial charge < -0.3 is 5.32 Å². The summed E-state index contributed by atoms with van der Waals surface area (Å²) in [4.78, 5) is 17.4. The lowest BCUT2D eigenvalue weighted by molar-refractivity contribution is 0.0957. The van der Waals surface area contributed by atoms with E-state index in [2.05, 4.69) is 15.0 Å². The minimum Gasteiger partial charge on any atom is -0.351 e. The van der Waals surface area contributed by atoms with Gasteiger partial charge in [-0.15, -0.1) is 0 Å². The number of nitrogens with zero attached hydrogens (tertiary/aromatic N) is 1. The van der Waals surface area contributed by atoms with Gasteiger partial charge in [-0.25, -0.2) is 18.1 Å². The first-order chi connectivity index (χ1) is 12.9. The van der Waals surface area contributed by atoms with Crippen LogP contribution >= 0.6 is 0 Å². The van der Waals surface area contributed by atoms with Crippen molar-refractivity contribution in [3.63, 3.8) is 0 Å². The zero-order valence-corrected chi connectivity index (χ0v) is 16.0. The molecular weight excluding hydrogens is 362 g/mol. The number of aryl methyl sites for hydroxylation is 1.